The Hall–Kier alpha value is -3.39. The first-order chi connectivity index (χ1) is 15.9. The molecule has 1 fully saturated rings. The number of carbonyl (C=O) groups excluding carboxylic acids is 1. The van der Waals surface area contributed by atoms with Gasteiger partial charge in [-0.15, -0.1) is 0 Å². The second-order valence-electron chi connectivity index (χ2n) is 8.64. The average molecular weight is 466 g/mol. The smallest absolute Gasteiger partial charge is 0.264 e. The Morgan fingerprint density at radius 2 is 2.12 bits per heavy atom. The van der Waals surface area contributed by atoms with Crippen molar-refractivity contribution in [1.29, 1.82) is 0 Å². The van der Waals surface area contributed by atoms with Gasteiger partial charge in [-0.3, -0.25) is 9.59 Å². The predicted molar refractivity (Wildman–Crippen MR) is 127 cm³/mol. The molecule has 2 unspecified atom stereocenters. The van der Waals surface area contributed by atoms with E-state index in [9.17, 15) is 9.59 Å². The molecular weight excluding hydrogens is 442 g/mol. The highest BCUT2D eigenvalue weighted by Crippen LogP contribution is 2.36. The summed E-state index contributed by atoms with van der Waals surface area (Å²) >= 11 is 6.53. The number of pyridine rings is 2. The van der Waals surface area contributed by atoms with Crippen molar-refractivity contribution in [1.82, 2.24) is 20.0 Å². The minimum atomic E-state index is -0.180. The number of aromatic nitrogens is 3. The molecule has 1 aliphatic rings. The number of hydrogen-bond acceptors (Lipinski definition) is 6. The second kappa shape index (κ2) is 8.51. The normalized spacial score (nSPS) is 18.6. The quantitative estimate of drug-likeness (QED) is 0.465. The van der Waals surface area contributed by atoms with Crippen molar-refractivity contribution in [2.75, 3.05) is 12.3 Å². The van der Waals surface area contributed by atoms with E-state index in [0.29, 0.717) is 39.6 Å². The maximum Gasteiger partial charge on any atom is 0.264 e. The zero-order chi connectivity index (χ0) is 23.1. The minimum Gasteiger partial charge on any atom is -0.384 e. The number of aryl methyl sites for hydroxylation is 1. The van der Waals surface area contributed by atoms with Gasteiger partial charge in [0.2, 0.25) is 0 Å². The molecule has 170 valence electrons. The number of hydrogen-bond donors (Lipinski definition) is 2. The van der Waals surface area contributed by atoms with Gasteiger partial charge in [0, 0.05) is 24.2 Å². The molecule has 5 rings (SSSR count). The summed E-state index contributed by atoms with van der Waals surface area (Å²) in [5.74, 6) is 0.928. The van der Waals surface area contributed by atoms with Crippen LogP contribution >= 0.6 is 11.6 Å². The minimum absolute atomic E-state index is 0.00832. The molecule has 8 nitrogen and oxygen atoms in total. The SMILES string of the molecule is Cc1onc2c1c(=O)n(C1CCCC(CNC(=O)c3ccc(N)nc3)C1)c1cccc(Cl)c21. The van der Waals surface area contributed by atoms with E-state index in [0.717, 1.165) is 36.6 Å². The van der Waals surface area contributed by atoms with Gasteiger partial charge in [-0.05, 0) is 56.4 Å². The highest BCUT2D eigenvalue weighted by atomic mass is 35.5. The summed E-state index contributed by atoms with van der Waals surface area (Å²) in [7, 11) is 0. The molecule has 3 N–H and O–H groups in total. The number of nitrogen functional groups attached to an aromatic ring is 1. The first-order valence-corrected chi connectivity index (χ1v) is 11.4. The monoisotopic (exact) mass is 465 g/mol. The number of anilines is 1. The summed E-state index contributed by atoms with van der Waals surface area (Å²) in [4.78, 5) is 30.0. The molecule has 1 aliphatic carbocycles. The summed E-state index contributed by atoms with van der Waals surface area (Å²) in [5.41, 5.74) is 7.23. The Balaban J connectivity index is 1.44. The first kappa shape index (κ1) is 21.5. The second-order valence-corrected chi connectivity index (χ2v) is 9.05. The molecule has 9 heteroatoms. The van der Waals surface area contributed by atoms with Crippen molar-refractivity contribution in [2.24, 2.45) is 5.92 Å². The van der Waals surface area contributed by atoms with Gasteiger partial charge < -0.3 is 20.1 Å². The maximum atomic E-state index is 13.6. The van der Waals surface area contributed by atoms with Crippen LogP contribution in [-0.4, -0.2) is 27.2 Å². The lowest BCUT2D eigenvalue weighted by Crippen LogP contribution is -2.34. The summed E-state index contributed by atoms with van der Waals surface area (Å²) < 4.78 is 7.21. The van der Waals surface area contributed by atoms with Crippen molar-refractivity contribution in [3.8, 4) is 0 Å². The molecule has 3 heterocycles. The molecular formula is C24H24ClN5O3. The van der Waals surface area contributed by atoms with Crippen LogP contribution in [0.5, 0.6) is 0 Å². The molecule has 0 radical (unpaired) electrons. The van der Waals surface area contributed by atoms with Gasteiger partial charge in [-0.25, -0.2) is 4.98 Å². The van der Waals surface area contributed by atoms with Crippen molar-refractivity contribution >= 4 is 45.1 Å². The lowest BCUT2D eigenvalue weighted by atomic mass is 9.85. The molecule has 0 saturated heterocycles. The van der Waals surface area contributed by atoms with Gasteiger partial charge >= 0.3 is 0 Å². The molecule has 3 aromatic heterocycles. The highest BCUT2D eigenvalue weighted by Gasteiger charge is 2.28. The fraction of sp³-hybridized carbons (Fsp3) is 0.333. The molecule has 1 amide bonds. The Morgan fingerprint density at radius 3 is 2.91 bits per heavy atom. The predicted octanol–water partition coefficient (Wildman–Crippen LogP) is 4.24. The van der Waals surface area contributed by atoms with E-state index in [1.807, 2.05) is 16.7 Å². The summed E-state index contributed by atoms with van der Waals surface area (Å²) in [5, 5.41) is 8.87. The van der Waals surface area contributed by atoms with Gasteiger partial charge in [-0.2, -0.15) is 0 Å². The molecule has 0 bridgehead atoms. The largest absolute Gasteiger partial charge is 0.384 e. The Labute approximate surface area is 194 Å². The van der Waals surface area contributed by atoms with Crippen LogP contribution in [0.15, 0.2) is 45.8 Å². The third kappa shape index (κ3) is 3.84. The third-order valence-electron chi connectivity index (χ3n) is 6.50. The van der Waals surface area contributed by atoms with Crippen LogP contribution in [0.3, 0.4) is 0 Å². The Kier molecular flexibility index (Phi) is 5.54. The summed E-state index contributed by atoms with van der Waals surface area (Å²) in [6.45, 7) is 2.27. The number of nitrogens with zero attached hydrogens (tertiary/aromatic N) is 3. The van der Waals surface area contributed by atoms with Crippen LogP contribution in [0.25, 0.3) is 21.8 Å². The van der Waals surface area contributed by atoms with Gasteiger partial charge in [0.25, 0.3) is 11.5 Å². The summed E-state index contributed by atoms with van der Waals surface area (Å²) in [6.07, 6.45) is 5.07. The van der Waals surface area contributed by atoms with Gasteiger partial charge in [0.05, 0.1) is 16.1 Å². The molecule has 1 saturated carbocycles. The van der Waals surface area contributed by atoms with Crippen LogP contribution < -0.4 is 16.6 Å². The van der Waals surface area contributed by atoms with E-state index in [2.05, 4.69) is 15.5 Å². The van der Waals surface area contributed by atoms with E-state index < -0.39 is 0 Å². The van der Waals surface area contributed by atoms with E-state index in [4.69, 9.17) is 21.9 Å². The van der Waals surface area contributed by atoms with Crippen LogP contribution in [0.2, 0.25) is 5.02 Å². The highest BCUT2D eigenvalue weighted by molar-refractivity contribution is 6.37. The molecule has 0 aliphatic heterocycles. The van der Waals surface area contributed by atoms with Gasteiger partial charge in [-0.1, -0.05) is 29.2 Å². The van der Waals surface area contributed by atoms with E-state index in [1.165, 1.54) is 6.20 Å². The van der Waals surface area contributed by atoms with Crippen molar-refractivity contribution < 1.29 is 9.32 Å². The molecule has 33 heavy (non-hydrogen) atoms. The fourth-order valence-corrected chi connectivity index (χ4v) is 5.16. The van der Waals surface area contributed by atoms with Gasteiger partial charge in [0.1, 0.15) is 22.5 Å². The number of nitrogens with two attached hydrogens (primary N) is 1. The number of halogens is 1. The molecule has 4 aromatic rings. The van der Waals surface area contributed by atoms with Crippen molar-refractivity contribution in [3.05, 3.63) is 63.2 Å². The first-order valence-electron chi connectivity index (χ1n) is 11.0. The fourth-order valence-electron chi connectivity index (χ4n) is 4.90. The number of rotatable bonds is 4. The standard InChI is InChI=1S/C24H24ClN5O3/c1-13-20-22(29-33-13)21-17(25)6-3-7-18(21)30(24(20)32)16-5-2-4-14(10-16)11-28-23(31)15-8-9-19(26)27-12-15/h3,6-9,12,14,16H,2,4-5,10-11H2,1H3,(H2,26,27)(H,28,31). The Bertz CT molecular complexity index is 1410. The zero-order valence-electron chi connectivity index (χ0n) is 18.2. The topological polar surface area (TPSA) is 116 Å². The van der Waals surface area contributed by atoms with E-state index >= 15 is 0 Å². The van der Waals surface area contributed by atoms with Crippen LogP contribution in [0, 0.1) is 12.8 Å². The number of carbonyl (C=O) groups is 1. The third-order valence-corrected chi connectivity index (χ3v) is 6.82. The molecule has 0 spiro atoms. The number of nitrogens with one attached hydrogen (secondary N) is 1. The average Bonchev–Trinajstić information content (AvgIpc) is 3.20. The van der Waals surface area contributed by atoms with E-state index in [1.54, 1.807) is 25.1 Å². The number of benzene rings is 1. The van der Waals surface area contributed by atoms with Crippen LogP contribution in [0.4, 0.5) is 5.82 Å². The lowest BCUT2D eigenvalue weighted by molar-refractivity contribution is 0.0940. The molecule has 2 atom stereocenters. The number of fused-ring (bicyclic) bond motifs is 3. The van der Waals surface area contributed by atoms with Crippen LogP contribution in [0.1, 0.15) is 47.8 Å². The molecule has 1 aromatic carbocycles. The van der Waals surface area contributed by atoms with Crippen LogP contribution in [-0.2, 0) is 0 Å². The lowest BCUT2D eigenvalue weighted by Gasteiger charge is -2.31. The van der Waals surface area contributed by atoms with Crippen molar-refractivity contribution in [3.63, 3.8) is 0 Å². The Morgan fingerprint density at radius 1 is 1.27 bits per heavy atom. The zero-order valence-corrected chi connectivity index (χ0v) is 18.9. The van der Waals surface area contributed by atoms with E-state index in [-0.39, 0.29) is 23.4 Å². The number of amides is 1. The maximum absolute atomic E-state index is 13.6. The van der Waals surface area contributed by atoms with Gasteiger partial charge in [0.15, 0.2) is 0 Å². The van der Waals surface area contributed by atoms with Crippen molar-refractivity contribution in [2.45, 2.75) is 38.6 Å². The summed E-state index contributed by atoms with van der Waals surface area (Å²) in [6, 6.07) is 8.81.